The van der Waals surface area contributed by atoms with Crippen LogP contribution in [-0.4, -0.2) is 18.0 Å². The normalized spacial score (nSPS) is 20.3. The monoisotopic (exact) mass is 174 g/mol. The molecule has 13 heavy (non-hydrogen) atoms. The first-order chi connectivity index (χ1) is 6.27. The molecule has 0 bridgehead atoms. The maximum atomic E-state index is 4.40. The van der Waals surface area contributed by atoms with E-state index in [9.17, 15) is 0 Å². The number of nitrogens with zero attached hydrogens (tertiary/aromatic N) is 2. The molecule has 68 valence electrons. The predicted molar refractivity (Wildman–Crippen MR) is 58.5 cm³/mol. The van der Waals surface area contributed by atoms with Gasteiger partial charge in [-0.3, -0.25) is 4.99 Å². The summed E-state index contributed by atoms with van der Waals surface area (Å²) in [4.78, 5) is 8.73. The van der Waals surface area contributed by atoms with Gasteiger partial charge in [-0.15, -0.1) is 0 Å². The molecule has 0 saturated carbocycles. The fourth-order valence-electron chi connectivity index (χ4n) is 1.04. The molecule has 0 aromatic carbocycles. The molecule has 0 saturated heterocycles. The minimum atomic E-state index is 0.674. The summed E-state index contributed by atoms with van der Waals surface area (Å²) in [5.74, 6) is 0. The van der Waals surface area contributed by atoms with E-state index in [1.807, 2.05) is 32.1 Å². The van der Waals surface area contributed by atoms with Gasteiger partial charge in [-0.2, -0.15) is 0 Å². The van der Waals surface area contributed by atoms with Gasteiger partial charge < -0.3 is 0 Å². The zero-order valence-corrected chi connectivity index (χ0v) is 8.12. The second-order valence-corrected chi connectivity index (χ2v) is 2.79. The van der Waals surface area contributed by atoms with Gasteiger partial charge in [0.15, 0.2) is 0 Å². The Morgan fingerprint density at radius 1 is 1.46 bits per heavy atom. The molecule has 0 amide bonds. The Hall–Kier alpha value is -1.44. The molecular weight excluding hydrogens is 160 g/mol. The first kappa shape index (κ1) is 9.65. The average Bonchev–Trinajstić information content (AvgIpc) is 2.16. The average molecular weight is 174 g/mol. The van der Waals surface area contributed by atoms with Crippen molar-refractivity contribution in [3.05, 3.63) is 36.6 Å². The van der Waals surface area contributed by atoms with E-state index >= 15 is 0 Å². The lowest BCUT2D eigenvalue weighted by atomic mass is 10.2. The Morgan fingerprint density at radius 3 is 2.85 bits per heavy atom. The summed E-state index contributed by atoms with van der Waals surface area (Å²) in [6, 6.07) is 0. The standard InChI is InChI=1S/C11H14N2/c1-4-6-7-10-8-12-9(3)11(5-2)13-10/h4-7H,2,8H2,1,3H3/b6-4-,10-7+. The van der Waals surface area contributed by atoms with Gasteiger partial charge in [0.25, 0.3) is 0 Å². The van der Waals surface area contributed by atoms with E-state index in [0.29, 0.717) is 6.54 Å². The highest BCUT2D eigenvalue weighted by molar-refractivity contribution is 6.46. The largest absolute Gasteiger partial charge is 0.281 e. The molecule has 2 nitrogen and oxygen atoms in total. The number of allylic oxidation sites excluding steroid dienone is 4. The first-order valence-corrected chi connectivity index (χ1v) is 4.32. The smallest absolute Gasteiger partial charge is 0.0835 e. The van der Waals surface area contributed by atoms with Crippen molar-refractivity contribution >= 4 is 11.4 Å². The summed E-state index contributed by atoms with van der Waals surface area (Å²) in [6.45, 7) is 8.30. The first-order valence-electron chi connectivity index (χ1n) is 4.32. The quantitative estimate of drug-likeness (QED) is 0.614. The van der Waals surface area contributed by atoms with Crippen LogP contribution in [-0.2, 0) is 0 Å². The molecule has 2 heteroatoms. The fraction of sp³-hybridized carbons (Fsp3) is 0.273. The minimum Gasteiger partial charge on any atom is -0.281 e. The van der Waals surface area contributed by atoms with Crippen LogP contribution in [0.5, 0.6) is 0 Å². The van der Waals surface area contributed by atoms with Crippen LogP contribution >= 0.6 is 0 Å². The van der Waals surface area contributed by atoms with E-state index in [-0.39, 0.29) is 0 Å². The van der Waals surface area contributed by atoms with E-state index in [1.165, 1.54) is 0 Å². The van der Waals surface area contributed by atoms with Crippen LogP contribution in [0, 0.1) is 0 Å². The molecule has 0 radical (unpaired) electrons. The fourth-order valence-corrected chi connectivity index (χ4v) is 1.04. The van der Waals surface area contributed by atoms with Gasteiger partial charge in [0.05, 0.1) is 23.7 Å². The summed E-state index contributed by atoms with van der Waals surface area (Å²) in [7, 11) is 0. The highest BCUT2D eigenvalue weighted by atomic mass is 14.9. The van der Waals surface area contributed by atoms with Gasteiger partial charge >= 0.3 is 0 Å². The Balaban J connectivity index is 2.88. The molecule has 1 rings (SSSR count). The van der Waals surface area contributed by atoms with Crippen molar-refractivity contribution in [2.24, 2.45) is 9.98 Å². The molecule has 0 unspecified atom stereocenters. The maximum absolute atomic E-state index is 4.40. The molecule has 1 aliphatic rings. The van der Waals surface area contributed by atoms with Gasteiger partial charge in [-0.1, -0.05) is 18.7 Å². The van der Waals surface area contributed by atoms with Crippen LogP contribution in [0.25, 0.3) is 0 Å². The summed E-state index contributed by atoms with van der Waals surface area (Å²) < 4.78 is 0. The summed E-state index contributed by atoms with van der Waals surface area (Å²) in [5, 5.41) is 0. The van der Waals surface area contributed by atoms with Crippen LogP contribution in [0.4, 0.5) is 0 Å². The number of hydrogen-bond donors (Lipinski definition) is 0. The lowest BCUT2D eigenvalue weighted by Crippen LogP contribution is -2.13. The molecule has 1 heterocycles. The lowest BCUT2D eigenvalue weighted by molar-refractivity contribution is 1.09. The third-order valence-corrected chi connectivity index (χ3v) is 1.79. The highest BCUT2D eigenvalue weighted by Gasteiger charge is 2.06. The topological polar surface area (TPSA) is 24.7 Å². The third-order valence-electron chi connectivity index (χ3n) is 1.79. The van der Waals surface area contributed by atoms with E-state index in [2.05, 4.69) is 16.6 Å². The second kappa shape index (κ2) is 4.55. The van der Waals surface area contributed by atoms with Crippen molar-refractivity contribution in [1.29, 1.82) is 0 Å². The van der Waals surface area contributed by atoms with Crippen molar-refractivity contribution in [1.82, 2.24) is 0 Å². The van der Waals surface area contributed by atoms with E-state index in [1.54, 1.807) is 6.08 Å². The molecule has 0 aliphatic carbocycles. The van der Waals surface area contributed by atoms with Gasteiger partial charge in [0.2, 0.25) is 0 Å². The van der Waals surface area contributed by atoms with Crippen LogP contribution in [0.1, 0.15) is 13.8 Å². The molecule has 0 aromatic rings. The zero-order valence-electron chi connectivity index (χ0n) is 8.12. The Kier molecular flexibility index (Phi) is 3.38. The highest BCUT2D eigenvalue weighted by Crippen LogP contribution is 2.06. The Bertz CT molecular complexity index is 317. The lowest BCUT2D eigenvalue weighted by Gasteiger charge is -2.08. The minimum absolute atomic E-state index is 0.674. The SMILES string of the molecule is C=CC1=N/C(=C/C=C\C)CN=C1C. The van der Waals surface area contributed by atoms with Gasteiger partial charge in [-0.25, -0.2) is 4.99 Å². The molecule has 0 aromatic heterocycles. The molecule has 0 fully saturated rings. The van der Waals surface area contributed by atoms with Gasteiger partial charge in [0.1, 0.15) is 0 Å². The predicted octanol–water partition coefficient (Wildman–Crippen LogP) is 2.55. The maximum Gasteiger partial charge on any atom is 0.0835 e. The van der Waals surface area contributed by atoms with Gasteiger partial charge in [-0.05, 0) is 26.0 Å². The van der Waals surface area contributed by atoms with E-state index < -0.39 is 0 Å². The van der Waals surface area contributed by atoms with Crippen LogP contribution in [0.2, 0.25) is 0 Å². The Morgan fingerprint density at radius 2 is 2.23 bits per heavy atom. The number of aliphatic imine (C=N–C) groups is 2. The van der Waals surface area contributed by atoms with E-state index in [0.717, 1.165) is 17.1 Å². The molecular formula is C11H14N2. The molecule has 0 spiro atoms. The summed E-state index contributed by atoms with van der Waals surface area (Å²) >= 11 is 0. The second-order valence-electron chi connectivity index (χ2n) is 2.79. The molecule has 0 N–H and O–H groups in total. The summed E-state index contributed by atoms with van der Waals surface area (Å²) in [5.41, 5.74) is 2.83. The van der Waals surface area contributed by atoms with Crippen LogP contribution in [0.15, 0.2) is 46.6 Å². The zero-order chi connectivity index (χ0) is 9.68. The van der Waals surface area contributed by atoms with Crippen LogP contribution in [0.3, 0.4) is 0 Å². The van der Waals surface area contributed by atoms with Crippen molar-refractivity contribution in [2.75, 3.05) is 6.54 Å². The van der Waals surface area contributed by atoms with Crippen LogP contribution < -0.4 is 0 Å². The molecule has 0 atom stereocenters. The third kappa shape index (κ3) is 2.51. The van der Waals surface area contributed by atoms with E-state index in [4.69, 9.17) is 0 Å². The number of rotatable bonds is 2. The van der Waals surface area contributed by atoms with Crippen molar-refractivity contribution < 1.29 is 0 Å². The van der Waals surface area contributed by atoms with Gasteiger partial charge in [0, 0.05) is 0 Å². The molecule has 1 aliphatic heterocycles. The summed E-state index contributed by atoms with van der Waals surface area (Å²) in [6.07, 6.45) is 7.65. The number of hydrogen-bond acceptors (Lipinski definition) is 2. The Labute approximate surface area is 79.1 Å². The van der Waals surface area contributed by atoms with Crippen molar-refractivity contribution in [3.8, 4) is 0 Å². The van der Waals surface area contributed by atoms with Crippen molar-refractivity contribution in [2.45, 2.75) is 13.8 Å². The van der Waals surface area contributed by atoms with Crippen molar-refractivity contribution in [3.63, 3.8) is 0 Å².